The maximum Gasteiger partial charge on any atom is 0.123 e. The highest BCUT2D eigenvalue weighted by atomic mass is 35.9. The van der Waals surface area contributed by atoms with Crippen molar-refractivity contribution in [2.24, 2.45) is 0 Å². The average Bonchev–Trinajstić information content (AvgIpc) is 2.79. The fourth-order valence-corrected chi connectivity index (χ4v) is 5.14. The molecule has 18 heavy (non-hydrogen) atoms. The maximum absolute atomic E-state index is 6.12. The molecule has 3 rings (SSSR count). The normalized spacial score (nSPS) is 11.7. The van der Waals surface area contributed by atoms with Gasteiger partial charge in [-0.3, -0.25) is 0 Å². The van der Waals surface area contributed by atoms with E-state index in [0.29, 0.717) is 0 Å². The Morgan fingerprint density at radius 1 is 0.944 bits per heavy atom. The van der Waals surface area contributed by atoms with Crippen LogP contribution in [0.2, 0.25) is 0 Å². The zero-order valence-corrected chi connectivity index (χ0v) is 12.6. The number of hydrogen-bond acceptors (Lipinski definition) is 0. The molecule has 5 heteroatoms. The molecule has 0 aliphatic heterocycles. The number of hydrogen-bond donors (Lipinski definition) is 0. The van der Waals surface area contributed by atoms with Crippen LogP contribution in [0.1, 0.15) is 0 Å². The molecule has 1 nitrogen and oxygen atoms in total. The van der Waals surface area contributed by atoms with E-state index in [2.05, 4.69) is 28.8 Å². The minimum Gasteiger partial charge on any atom is -0.312 e. The summed E-state index contributed by atoms with van der Waals surface area (Å²) in [4.78, 5) is 0. The van der Waals surface area contributed by atoms with Crippen LogP contribution in [-0.4, -0.2) is 4.40 Å². The molecular weight excluding hydrogens is 303 g/mol. The fourth-order valence-electron chi connectivity index (χ4n) is 1.94. The third-order valence-corrected chi connectivity index (χ3v) is 7.02. The molecule has 0 atom stereocenters. The van der Waals surface area contributed by atoms with Gasteiger partial charge in [-0.05, 0) is 20.3 Å². The molecule has 90 valence electrons. The molecule has 0 aliphatic rings. The van der Waals surface area contributed by atoms with Gasteiger partial charge in [-0.15, -0.1) is 0 Å². The molecule has 0 unspecified atom stereocenters. The molecule has 0 amide bonds. The number of pyridine rings is 1. The van der Waals surface area contributed by atoms with Crippen molar-refractivity contribution in [2.75, 3.05) is 0 Å². The number of nitrogens with zero attached hydrogens (tertiary/aromatic N) is 1. The van der Waals surface area contributed by atoms with Gasteiger partial charge in [0.15, 0.2) is 0 Å². The predicted molar refractivity (Wildman–Crippen MR) is 83.6 cm³/mol. The first kappa shape index (κ1) is 12.5. The van der Waals surface area contributed by atoms with Gasteiger partial charge in [0.1, 0.15) is 6.63 Å². The summed E-state index contributed by atoms with van der Waals surface area (Å²) >= 11 is 12.2. The van der Waals surface area contributed by atoms with E-state index in [4.69, 9.17) is 22.5 Å². The van der Waals surface area contributed by atoms with Crippen molar-refractivity contribution in [1.82, 2.24) is 4.40 Å². The van der Waals surface area contributed by atoms with Crippen molar-refractivity contribution >= 4 is 47.9 Å². The topological polar surface area (TPSA) is 4.41 Å². The average molecular weight is 312 g/mol. The van der Waals surface area contributed by atoms with Gasteiger partial charge in [0.25, 0.3) is 0 Å². The van der Waals surface area contributed by atoms with E-state index in [1.165, 1.54) is 11.0 Å². The SMILES string of the molecule is ClP(Cl)c1pc(-c2ccccc2)n2ccccc12. The van der Waals surface area contributed by atoms with Crippen molar-refractivity contribution in [1.29, 1.82) is 0 Å². The summed E-state index contributed by atoms with van der Waals surface area (Å²) < 4.78 is 2.17. The molecule has 0 fully saturated rings. The number of aromatic nitrogens is 1. The highest BCUT2D eigenvalue weighted by molar-refractivity contribution is 8.12. The maximum atomic E-state index is 6.12. The Morgan fingerprint density at radius 2 is 1.67 bits per heavy atom. The number of halogens is 2. The Kier molecular flexibility index (Phi) is 3.59. The summed E-state index contributed by atoms with van der Waals surface area (Å²) in [5, 5.41) is 1.10. The number of fused-ring (bicyclic) bond motifs is 1. The summed E-state index contributed by atoms with van der Waals surface area (Å²) in [6, 6.07) is 16.4. The van der Waals surface area contributed by atoms with Crippen molar-refractivity contribution in [3.05, 3.63) is 54.7 Å². The van der Waals surface area contributed by atoms with Crippen LogP contribution in [0.3, 0.4) is 0 Å². The Balaban J connectivity index is 2.31. The molecule has 0 saturated heterocycles. The lowest BCUT2D eigenvalue weighted by molar-refractivity contribution is 1.22. The summed E-state index contributed by atoms with van der Waals surface area (Å²) in [7, 11) is 1.10. The quantitative estimate of drug-likeness (QED) is 0.542. The van der Waals surface area contributed by atoms with Gasteiger partial charge in [0.05, 0.1) is 16.0 Å². The lowest BCUT2D eigenvalue weighted by Gasteiger charge is -2.01. The van der Waals surface area contributed by atoms with Crippen molar-refractivity contribution in [2.45, 2.75) is 0 Å². The zero-order chi connectivity index (χ0) is 12.5. The van der Waals surface area contributed by atoms with E-state index in [1.807, 2.05) is 30.3 Å². The van der Waals surface area contributed by atoms with E-state index >= 15 is 0 Å². The van der Waals surface area contributed by atoms with E-state index < -0.39 is 6.63 Å². The Hall–Kier alpha value is -0.580. The molecule has 0 radical (unpaired) electrons. The van der Waals surface area contributed by atoms with E-state index in [1.54, 1.807) is 0 Å². The first-order valence-corrected chi connectivity index (χ1v) is 9.46. The van der Waals surface area contributed by atoms with Gasteiger partial charge in [0, 0.05) is 11.8 Å². The largest absolute Gasteiger partial charge is 0.312 e. The molecule has 2 aromatic heterocycles. The number of rotatable bonds is 2. The smallest absolute Gasteiger partial charge is 0.123 e. The molecule has 0 bridgehead atoms. The first-order chi connectivity index (χ1) is 8.77. The van der Waals surface area contributed by atoms with Gasteiger partial charge >= 0.3 is 0 Å². The summed E-state index contributed by atoms with van der Waals surface area (Å²) in [6.07, 6.45) is 2.06. The highest BCUT2D eigenvalue weighted by Crippen LogP contribution is 2.51. The van der Waals surface area contributed by atoms with Crippen molar-refractivity contribution < 1.29 is 0 Å². The second kappa shape index (κ2) is 5.19. The third kappa shape index (κ3) is 2.17. The molecule has 3 aromatic rings. The Morgan fingerprint density at radius 3 is 2.39 bits per heavy atom. The van der Waals surface area contributed by atoms with E-state index in [-0.39, 0.29) is 0 Å². The minimum absolute atomic E-state index is 1.10. The molecule has 2 heterocycles. The van der Waals surface area contributed by atoms with Gasteiger partial charge < -0.3 is 4.40 Å². The molecule has 1 aromatic carbocycles. The highest BCUT2D eigenvalue weighted by Gasteiger charge is 2.15. The molecule has 0 N–H and O–H groups in total. The van der Waals surface area contributed by atoms with Crippen molar-refractivity contribution in [3.63, 3.8) is 0 Å². The van der Waals surface area contributed by atoms with Crippen molar-refractivity contribution in [3.8, 4) is 11.0 Å². The van der Waals surface area contributed by atoms with Gasteiger partial charge in [-0.1, -0.05) is 58.9 Å². The molecule has 0 aliphatic carbocycles. The van der Waals surface area contributed by atoms with Gasteiger partial charge in [0.2, 0.25) is 0 Å². The second-order valence-electron chi connectivity index (χ2n) is 3.81. The first-order valence-electron chi connectivity index (χ1n) is 5.41. The standard InChI is InChI=1S/C13H9Cl2NP2/c14-18(15)13-11-8-4-5-9-16(11)12(17-13)10-6-2-1-3-7-10/h1-9H. The second-order valence-corrected chi connectivity index (χ2v) is 8.72. The van der Waals surface area contributed by atoms with E-state index in [0.717, 1.165) is 18.7 Å². The van der Waals surface area contributed by atoms with Crippen LogP contribution in [0.25, 0.3) is 16.5 Å². The van der Waals surface area contributed by atoms with Crippen LogP contribution in [0.5, 0.6) is 0 Å². The van der Waals surface area contributed by atoms with Crippen LogP contribution >= 0.6 is 37.3 Å². The molecule has 0 saturated carbocycles. The lowest BCUT2D eigenvalue weighted by Crippen LogP contribution is -1.91. The summed E-state index contributed by atoms with van der Waals surface area (Å²) in [6.45, 7) is -1.10. The summed E-state index contributed by atoms with van der Waals surface area (Å²) in [5.74, 6) is 0. The van der Waals surface area contributed by atoms with Crippen LogP contribution in [-0.2, 0) is 0 Å². The van der Waals surface area contributed by atoms with Gasteiger partial charge in [-0.25, -0.2) is 0 Å². The minimum atomic E-state index is -1.10. The summed E-state index contributed by atoms with van der Waals surface area (Å²) in [5.41, 5.74) is 3.54. The lowest BCUT2D eigenvalue weighted by atomic mass is 10.2. The van der Waals surface area contributed by atoms with Crippen LogP contribution in [0.15, 0.2) is 54.7 Å². The van der Waals surface area contributed by atoms with Crippen LogP contribution in [0, 0.1) is 0 Å². The monoisotopic (exact) mass is 311 g/mol. The molecular formula is C13H9Cl2NP2. The van der Waals surface area contributed by atoms with Crippen LogP contribution < -0.4 is 5.04 Å². The van der Waals surface area contributed by atoms with E-state index in [9.17, 15) is 0 Å². The Bertz CT molecular complexity index is 680. The predicted octanol–water partition coefficient (Wildman–Crippen LogP) is 5.60. The molecule has 0 spiro atoms. The van der Waals surface area contributed by atoms with Crippen LogP contribution in [0.4, 0.5) is 0 Å². The van der Waals surface area contributed by atoms with Gasteiger partial charge in [-0.2, -0.15) is 0 Å². The third-order valence-electron chi connectivity index (χ3n) is 2.72. The Labute approximate surface area is 118 Å². The number of benzene rings is 1. The fraction of sp³-hybridized carbons (Fsp3) is 0. The zero-order valence-electron chi connectivity index (χ0n) is 9.29.